The van der Waals surface area contributed by atoms with Gasteiger partial charge in [0.05, 0.1) is 5.56 Å². The van der Waals surface area contributed by atoms with Crippen molar-refractivity contribution in [2.24, 2.45) is 0 Å². The molecule has 4 rings (SSSR count). The average molecular weight is 452 g/mol. The van der Waals surface area contributed by atoms with Crippen LogP contribution in [0.3, 0.4) is 0 Å². The third kappa shape index (κ3) is 4.24. The molecule has 2 aromatic heterocycles. The van der Waals surface area contributed by atoms with Crippen LogP contribution in [0.15, 0.2) is 11.6 Å². The number of carbonyl (C=O) groups excluding carboxylic acids is 1. The van der Waals surface area contributed by atoms with Gasteiger partial charge in [-0.25, -0.2) is 4.79 Å². The molecule has 0 aromatic carbocycles. The molecule has 2 N–H and O–H groups in total. The minimum atomic E-state index is -0.895. The summed E-state index contributed by atoms with van der Waals surface area (Å²) in [5.74, 6) is -1.23. The zero-order valence-corrected chi connectivity index (χ0v) is 19.5. The van der Waals surface area contributed by atoms with Crippen LogP contribution in [-0.2, 0) is 17.6 Å². The number of nitrogens with zero attached hydrogens (tertiary/aromatic N) is 2. The van der Waals surface area contributed by atoms with Crippen molar-refractivity contribution in [3.63, 3.8) is 0 Å². The highest BCUT2D eigenvalue weighted by molar-refractivity contribution is 7.15. The lowest BCUT2D eigenvalue weighted by Crippen LogP contribution is -2.36. The fraction of sp³-hybridized carbons (Fsp3) is 0.480. The van der Waals surface area contributed by atoms with Gasteiger partial charge >= 0.3 is 5.97 Å². The number of carboxylic acid groups (broad SMARTS) is 1. The zero-order valence-electron chi connectivity index (χ0n) is 18.7. The first kappa shape index (κ1) is 22.3. The molecular formula is C25H29N3O3S. The summed E-state index contributed by atoms with van der Waals surface area (Å²) in [5.41, 5.74) is 3.94. The molecule has 1 fully saturated rings. The van der Waals surface area contributed by atoms with Gasteiger partial charge in [0.2, 0.25) is 0 Å². The van der Waals surface area contributed by atoms with E-state index in [9.17, 15) is 20.0 Å². The average Bonchev–Trinajstić information content (AvgIpc) is 3.28. The van der Waals surface area contributed by atoms with Crippen LogP contribution in [0.1, 0.15) is 82.7 Å². The summed E-state index contributed by atoms with van der Waals surface area (Å²) in [6, 6.07) is 4.11. The van der Waals surface area contributed by atoms with Crippen molar-refractivity contribution < 1.29 is 14.7 Å². The summed E-state index contributed by atoms with van der Waals surface area (Å²) in [6.45, 7) is 3.85. The molecule has 32 heavy (non-hydrogen) atoms. The maximum Gasteiger partial charge on any atom is 0.339 e. The molecule has 1 amide bonds. The molecule has 2 aromatic rings. The molecule has 0 unspecified atom stereocenters. The summed E-state index contributed by atoms with van der Waals surface area (Å²) >= 11 is 1.56. The van der Waals surface area contributed by atoms with Crippen LogP contribution in [0, 0.1) is 25.2 Å². The number of hydrogen-bond donors (Lipinski definition) is 2. The minimum Gasteiger partial charge on any atom is -0.478 e. The van der Waals surface area contributed by atoms with Gasteiger partial charge in [0.15, 0.2) is 0 Å². The van der Waals surface area contributed by atoms with Gasteiger partial charge in [0.1, 0.15) is 16.6 Å². The van der Waals surface area contributed by atoms with Gasteiger partial charge in [0, 0.05) is 22.3 Å². The van der Waals surface area contributed by atoms with E-state index in [1.807, 2.05) is 24.5 Å². The number of nitriles is 1. The minimum absolute atomic E-state index is 0.0831. The largest absolute Gasteiger partial charge is 0.478 e. The predicted octanol–water partition coefficient (Wildman–Crippen LogP) is 5.09. The van der Waals surface area contributed by atoms with E-state index in [1.54, 1.807) is 17.4 Å². The lowest BCUT2D eigenvalue weighted by Gasteiger charge is -2.22. The van der Waals surface area contributed by atoms with Gasteiger partial charge in [-0.2, -0.15) is 5.26 Å². The molecule has 0 aliphatic heterocycles. The molecule has 0 saturated heterocycles. The summed E-state index contributed by atoms with van der Waals surface area (Å²) in [6.07, 6.45) is 10.8. The molecule has 6 nitrogen and oxygen atoms in total. The molecule has 2 heterocycles. The zero-order chi connectivity index (χ0) is 22.8. The second kappa shape index (κ2) is 9.33. The van der Waals surface area contributed by atoms with E-state index < -0.39 is 5.97 Å². The van der Waals surface area contributed by atoms with Crippen LogP contribution in [0.4, 0.5) is 0 Å². The first-order valence-corrected chi connectivity index (χ1v) is 12.2. The normalized spacial score (nSPS) is 17.0. The fourth-order valence-electron chi connectivity index (χ4n) is 4.99. The molecule has 1 saturated carbocycles. The summed E-state index contributed by atoms with van der Waals surface area (Å²) in [4.78, 5) is 26.0. The standard InChI is InChI=1S/C25H29N3O3S/c1-15-12-17(13-18(14-26)23(29)27-19-8-4-3-5-9-19)16(2)28(15)24-22(25(30)31)20-10-6-7-11-21(20)32-24/h12-13,19H,3-11H2,1-2H3,(H,27,29)(H,30,31). The fourth-order valence-corrected chi connectivity index (χ4v) is 6.48. The third-order valence-electron chi connectivity index (χ3n) is 6.65. The van der Waals surface area contributed by atoms with E-state index >= 15 is 0 Å². The van der Waals surface area contributed by atoms with E-state index in [4.69, 9.17) is 0 Å². The van der Waals surface area contributed by atoms with E-state index in [0.717, 1.165) is 83.8 Å². The van der Waals surface area contributed by atoms with Crippen molar-refractivity contribution in [3.05, 3.63) is 44.6 Å². The number of aromatic carboxylic acids is 1. The van der Waals surface area contributed by atoms with Gasteiger partial charge in [-0.1, -0.05) is 19.3 Å². The number of hydrogen-bond acceptors (Lipinski definition) is 4. The van der Waals surface area contributed by atoms with E-state index in [2.05, 4.69) is 11.4 Å². The first-order valence-electron chi connectivity index (χ1n) is 11.4. The lowest BCUT2D eigenvalue weighted by molar-refractivity contribution is -0.117. The highest BCUT2D eigenvalue weighted by Crippen LogP contribution is 2.39. The van der Waals surface area contributed by atoms with Crippen molar-refractivity contribution in [2.75, 3.05) is 0 Å². The van der Waals surface area contributed by atoms with Crippen molar-refractivity contribution in [1.29, 1.82) is 5.26 Å². The number of aryl methyl sites for hydroxylation is 2. The van der Waals surface area contributed by atoms with Gasteiger partial charge in [-0.05, 0) is 75.6 Å². The van der Waals surface area contributed by atoms with Crippen molar-refractivity contribution >= 4 is 29.3 Å². The Morgan fingerprint density at radius 3 is 2.59 bits per heavy atom. The number of carbonyl (C=O) groups is 2. The monoisotopic (exact) mass is 451 g/mol. The van der Waals surface area contributed by atoms with E-state index in [-0.39, 0.29) is 17.5 Å². The molecular weight excluding hydrogens is 422 g/mol. The highest BCUT2D eigenvalue weighted by atomic mass is 32.1. The van der Waals surface area contributed by atoms with Gasteiger partial charge in [-0.15, -0.1) is 11.3 Å². The van der Waals surface area contributed by atoms with Crippen LogP contribution in [0.2, 0.25) is 0 Å². The number of rotatable bonds is 5. The Morgan fingerprint density at radius 2 is 1.91 bits per heavy atom. The maximum absolute atomic E-state index is 12.7. The second-order valence-electron chi connectivity index (χ2n) is 8.84. The number of nitrogens with one attached hydrogen (secondary N) is 1. The molecule has 2 aliphatic rings. The van der Waals surface area contributed by atoms with Crippen LogP contribution >= 0.6 is 11.3 Å². The van der Waals surface area contributed by atoms with Crippen molar-refractivity contribution in [3.8, 4) is 11.1 Å². The number of fused-ring (bicyclic) bond motifs is 1. The van der Waals surface area contributed by atoms with Crippen LogP contribution in [0.25, 0.3) is 11.1 Å². The SMILES string of the molecule is Cc1cc(C=C(C#N)C(=O)NC2CCCCC2)c(C)n1-c1sc2c(c1C(=O)O)CCCC2. The van der Waals surface area contributed by atoms with Crippen LogP contribution in [-0.4, -0.2) is 27.6 Å². The number of amides is 1. The Bertz CT molecular complexity index is 1130. The molecule has 2 aliphatic carbocycles. The molecule has 0 bridgehead atoms. The first-order chi connectivity index (χ1) is 15.4. The number of aromatic nitrogens is 1. The van der Waals surface area contributed by atoms with E-state index in [0.29, 0.717) is 5.56 Å². The van der Waals surface area contributed by atoms with Gasteiger partial charge in [0.25, 0.3) is 5.91 Å². The Kier molecular flexibility index (Phi) is 6.52. The van der Waals surface area contributed by atoms with Gasteiger partial charge in [-0.3, -0.25) is 4.79 Å². The van der Waals surface area contributed by atoms with Gasteiger partial charge < -0.3 is 15.0 Å². The Hall–Kier alpha value is -2.85. The Balaban J connectivity index is 1.69. The summed E-state index contributed by atoms with van der Waals surface area (Å²) in [5, 5.41) is 23.3. The van der Waals surface area contributed by atoms with Crippen molar-refractivity contribution in [2.45, 2.75) is 77.7 Å². The lowest BCUT2D eigenvalue weighted by atomic mass is 9.95. The van der Waals surface area contributed by atoms with Crippen LogP contribution in [0.5, 0.6) is 0 Å². The quantitative estimate of drug-likeness (QED) is 0.489. The second-order valence-corrected chi connectivity index (χ2v) is 9.92. The predicted molar refractivity (Wildman–Crippen MR) is 125 cm³/mol. The molecule has 0 spiro atoms. The molecule has 168 valence electrons. The third-order valence-corrected chi connectivity index (χ3v) is 7.92. The topological polar surface area (TPSA) is 95.1 Å². The summed E-state index contributed by atoms with van der Waals surface area (Å²) < 4.78 is 1.96. The van der Waals surface area contributed by atoms with Crippen LogP contribution < -0.4 is 5.32 Å². The smallest absolute Gasteiger partial charge is 0.339 e. The number of carboxylic acids is 1. The maximum atomic E-state index is 12.7. The molecule has 7 heteroatoms. The molecule has 0 radical (unpaired) electrons. The Morgan fingerprint density at radius 1 is 1.19 bits per heavy atom. The number of thiophene rings is 1. The Labute approximate surface area is 192 Å². The van der Waals surface area contributed by atoms with Crippen molar-refractivity contribution in [1.82, 2.24) is 9.88 Å². The summed E-state index contributed by atoms with van der Waals surface area (Å²) in [7, 11) is 0. The highest BCUT2D eigenvalue weighted by Gasteiger charge is 2.28. The van der Waals surface area contributed by atoms with E-state index in [1.165, 1.54) is 6.42 Å². The molecule has 0 atom stereocenters.